The Kier molecular flexibility index (Phi) is 5.11. The maximum Gasteiger partial charge on any atom is 0.245 e. The summed E-state index contributed by atoms with van der Waals surface area (Å²) in [5, 5.41) is 11.3. The van der Waals surface area contributed by atoms with Crippen LogP contribution in [-0.4, -0.2) is 29.7 Å². The number of methoxy groups -OCH3 is 1. The Labute approximate surface area is 122 Å². The number of carbonyl (C=O) groups is 1. The van der Waals surface area contributed by atoms with Gasteiger partial charge in [-0.2, -0.15) is 0 Å². The fourth-order valence-corrected chi connectivity index (χ4v) is 1.71. The zero-order valence-electron chi connectivity index (χ0n) is 11.6. The molecule has 0 aliphatic carbocycles. The fraction of sp³-hybridized carbons (Fsp3) is 0.200. The lowest BCUT2D eigenvalue weighted by Crippen LogP contribution is -2.25. The second-order valence-corrected chi connectivity index (χ2v) is 4.16. The van der Waals surface area contributed by atoms with Gasteiger partial charge < -0.3 is 19.9 Å². The summed E-state index contributed by atoms with van der Waals surface area (Å²) in [5.41, 5.74) is 0.699. The van der Waals surface area contributed by atoms with Crippen LogP contribution in [0.1, 0.15) is 5.56 Å². The molecule has 0 unspecified atom stereocenters. The topological polar surface area (TPSA) is 80.7 Å². The highest BCUT2D eigenvalue weighted by Crippen LogP contribution is 2.31. The van der Waals surface area contributed by atoms with Crippen molar-refractivity contribution in [2.75, 3.05) is 13.7 Å². The summed E-state index contributed by atoms with van der Waals surface area (Å²) >= 11 is 0. The average Bonchev–Trinajstić information content (AvgIpc) is 2.54. The molecule has 1 aromatic heterocycles. The molecule has 0 atom stereocenters. The third kappa shape index (κ3) is 3.93. The highest BCUT2D eigenvalue weighted by Gasteiger charge is 2.10. The van der Waals surface area contributed by atoms with Crippen LogP contribution in [-0.2, 0) is 11.3 Å². The van der Waals surface area contributed by atoms with Crippen LogP contribution in [0, 0.1) is 0 Å². The van der Waals surface area contributed by atoms with E-state index in [9.17, 15) is 4.79 Å². The number of aliphatic hydroxyl groups is 1. The van der Waals surface area contributed by atoms with Crippen molar-refractivity contribution >= 4 is 5.91 Å². The zero-order chi connectivity index (χ0) is 15.1. The number of ether oxygens (including phenoxy) is 2. The first-order valence-corrected chi connectivity index (χ1v) is 6.37. The Morgan fingerprint density at radius 1 is 1.24 bits per heavy atom. The van der Waals surface area contributed by atoms with Gasteiger partial charge in [0.25, 0.3) is 0 Å². The number of pyridine rings is 1. The van der Waals surface area contributed by atoms with Crippen molar-refractivity contribution in [2.24, 2.45) is 0 Å². The first-order valence-electron chi connectivity index (χ1n) is 6.37. The van der Waals surface area contributed by atoms with Crippen molar-refractivity contribution in [3.05, 3.63) is 48.2 Å². The predicted molar refractivity (Wildman–Crippen MR) is 76.2 cm³/mol. The molecule has 1 heterocycles. The zero-order valence-corrected chi connectivity index (χ0v) is 11.6. The largest absolute Gasteiger partial charge is 0.493 e. The minimum absolute atomic E-state index is 0.220. The molecule has 0 radical (unpaired) electrons. The number of aliphatic hydroxyl groups excluding tert-OH is 1. The lowest BCUT2D eigenvalue weighted by atomic mass is 10.2. The van der Waals surface area contributed by atoms with Crippen molar-refractivity contribution < 1.29 is 19.4 Å². The SMILES string of the molecule is COc1ccccc1Oc1ncccc1CNC(=O)CO. The Morgan fingerprint density at radius 2 is 2.00 bits per heavy atom. The Balaban J connectivity index is 2.18. The summed E-state index contributed by atoms with van der Waals surface area (Å²) in [7, 11) is 1.56. The number of benzene rings is 1. The van der Waals surface area contributed by atoms with Gasteiger partial charge in [-0.15, -0.1) is 0 Å². The smallest absolute Gasteiger partial charge is 0.245 e. The number of hydrogen-bond acceptors (Lipinski definition) is 5. The molecule has 0 aliphatic rings. The minimum Gasteiger partial charge on any atom is -0.493 e. The second-order valence-electron chi connectivity index (χ2n) is 4.16. The number of nitrogens with one attached hydrogen (secondary N) is 1. The fourth-order valence-electron chi connectivity index (χ4n) is 1.71. The van der Waals surface area contributed by atoms with E-state index in [1.807, 2.05) is 12.1 Å². The van der Waals surface area contributed by atoms with E-state index >= 15 is 0 Å². The lowest BCUT2D eigenvalue weighted by molar-refractivity contribution is -0.123. The van der Waals surface area contributed by atoms with E-state index in [4.69, 9.17) is 14.6 Å². The van der Waals surface area contributed by atoms with Crippen LogP contribution >= 0.6 is 0 Å². The summed E-state index contributed by atoms with van der Waals surface area (Å²) in [6, 6.07) is 10.8. The molecule has 1 amide bonds. The van der Waals surface area contributed by atoms with E-state index in [1.54, 1.807) is 37.6 Å². The number of amides is 1. The van der Waals surface area contributed by atoms with Gasteiger partial charge >= 0.3 is 0 Å². The van der Waals surface area contributed by atoms with Gasteiger partial charge in [0.15, 0.2) is 11.5 Å². The molecule has 110 valence electrons. The molecular weight excluding hydrogens is 272 g/mol. The van der Waals surface area contributed by atoms with Crippen molar-refractivity contribution in [3.63, 3.8) is 0 Å². The maximum absolute atomic E-state index is 11.1. The predicted octanol–water partition coefficient (Wildman–Crippen LogP) is 1.49. The number of carbonyl (C=O) groups excluding carboxylic acids is 1. The van der Waals surface area contributed by atoms with E-state index in [1.165, 1.54) is 0 Å². The molecule has 0 fully saturated rings. The molecule has 6 nitrogen and oxygen atoms in total. The van der Waals surface area contributed by atoms with Gasteiger partial charge in [0.05, 0.1) is 7.11 Å². The number of hydrogen-bond donors (Lipinski definition) is 2. The van der Waals surface area contributed by atoms with Crippen LogP contribution in [0.3, 0.4) is 0 Å². The van der Waals surface area contributed by atoms with Crippen LogP contribution in [0.15, 0.2) is 42.6 Å². The lowest BCUT2D eigenvalue weighted by Gasteiger charge is -2.12. The normalized spacial score (nSPS) is 10.0. The summed E-state index contributed by atoms with van der Waals surface area (Å²) in [4.78, 5) is 15.3. The molecule has 2 N–H and O–H groups in total. The molecule has 0 bridgehead atoms. The standard InChI is InChI=1S/C15H16N2O4/c1-20-12-6-2-3-7-13(12)21-15-11(5-4-8-16-15)9-17-14(19)10-18/h2-8,18H,9-10H2,1H3,(H,17,19). The summed E-state index contributed by atoms with van der Waals surface area (Å²) in [6.07, 6.45) is 1.60. The van der Waals surface area contributed by atoms with E-state index < -0.39 is 12.5 Å². The van der Waals surface area contributed by atoms with Gasteiger partial charge in [-0.1, -0.05) is 18.2 Å². The number of aromatic nitrogens is 1. The van der Waals surface area contributed by atoms with Crippen LogP contribution in [0.5, 0.6) is 17.4 Å². The molecule has 21 heavy (non-hydrogen) atoms. The van der Waals surface area contributed by atoms with Gasteiger partial charge in [-0.3, -0.25) is 4.79 Å². The molecule has 0 aliphatic heterocycles. The van der Waals surface area contributed by atoms with Crippen molar-refractivity contribution in [1.82, 2.24) is 10.3 Å². The maximum atomic E-state index is 11.1. The molecule has 2 aromatic rings. The molecule has 6 heteroatoms. The molecular formula is C15H16N2O4. The van der Waals surface area contributed by atoms with Crippen molar-refractivity contribution in [2.45, 2.75) is 6.54 Å². The highest BCUT2D eigenvalue weighted by atomic mass is 16.5. The average molecular weight is 288 g/mol. The van der Waals surface area contributed by atoms with Crippen LogP contribution in [0.2, 0.25) is 0 Å². The first kappa shape index (κ1) is 14.8. The van der Waals surface area contributed by atoms with E-state index in [0.29, 0.717) is 22.9 Å². The Bertz CT molecular complexity index is 616. The van der Waals surface area contributed by atoms with Crippen LogP contribution in [0.4, 0.5) is 0 Å². The Morgan fingerprint density at radius 3 is 2.71 bits per heavy atom. The third-order valence-corrected chi connectivity index (χ3v) is 2.75. The molecule has 1 aromatic carbocycles. The van der Waals surface area contributed by atoms with E-state index in [-0.39, 0.29) is 6.54 Å². The molecule has 0 saturated heterocycles. The molecule has 0 spiro atoms. The third-order valence-electron chi connectivity index (χ3n) is 2.75. The Hall–Kier alpha value is -2.60. The van der Waals surface area contributed by atoms with Crippen LogP contribution < -0.4 is 14.8 Å². The molecule has 0 saturated carbocycles. The van der Waals surface area contributed by atoms with Crippen molar-refractivity contribution in [3.8, 4) is 17.4 Å². The summed E-state index contributed by atoms with van der Waals surface area (Å²) < 4.78 is 11.0. The number of para-hydroxylation sites is 2. The highest BCUT2D eigenvalue weighted by molar-refractivity contribution is 5.76. The van der Waals surface area contributed by atoms with E-state index in [2.05, 4.69) is 10.3 Å². The van der Waals surface area contributed by atoms with Gasteiger partial charge in [-0.05, 0) is 18.2 Å². The summed E-state index contributed by atoms with van der Waals surface area (Å²) in [5.74, 6) is 1.05. The van der Waals surface area contributed by atoms with E-state index in [0.717, 1.165) is 0 Å². The van der Waals surface area contributed by atoms with Gasteiger partial charge in [0, 0.05) is 18.3 Å². The van der Waals surface area contributed by atoms with Gasteiger partial charge in [-0.25, -0.2) is 4.98 Å². The number of rotatable bonds is 6. The molecule has 2 rings (SSSR count). The van der Waals surface area contributed by atoms with Crippen molar-refractivity contribution in [1.29, 1.82) is 0 Å². The minimum atomic E-state index is -0.553. The van der Waals surface area contributed by atoms with Gasteiger partial charge in [0.1, 0.15) is 6.61 Å². The quantitative estimate of drug-likeness (QED) is 0.841. The summed E-state index contributed by atoms with van der Waals surface area (Å²) in [6.45, 7) is -0.333. The second kappa shape index (κ2) is 7.25. The number of nitrogens with zero attached hydrogens (tertiary/aromatic N) is 1. The van der Waals surface area contributed by atoms with Crippen LogP contribution in [0.25, 0.3) is 0 Å². The first-order chi connectivity index (χ1) is 10.2. The van der Waals surface area contributed by atoms with Gasteiger partial charge in [0.2, 0.25) is 11.8 Å². The monoisotopic (exact) mass is 288 g/mol.